The molecule has 1 atom stereocenters. The number of aromatic nitrogens is 1. The van der Waals surface area contributed by atoms with Crippen molar-refractivity contribution in [2.75, 3.05) is 0 Å². The molecule has 5 nitrogen and oxygen atoms in total. The topological polar surface area (TPSA) is 74.0 Å². The summed E-state index contributed by atoms with van der Waals surface area (Å²) in [6.45, 7) is 6.83. The third-order valence-corrected chi connectivity index (χ3v) is 5.82. The lowest BCUT2D eigenvalue weighted by Crippen LogP contribution is -2.37. The second kappa shape index (κ2) is 6.94. The summed E-state index contributed by atoms with van der Waals surface area (Å²) in [7, 11) is -3.44. The summed E-state index contributed by atoms with van der Waals surface area (Å²) in [6.07, 6.45) is 5.97. The molecular formula is C15H27N3O2S. The molecule has 3 N–H and O–H groups in total. The standard InChI is InChI=1S/C15H27N3O2S/c1-4-12(5-2)11(3)18-21(19,20)15-8-14(17-10-15)9-16-13-6-7-13/h8,10-13,16-18H,4-7,9H2,1-3H3. The maximum absolute atomic E-state index is 12.4. The second-order valence-electron chi connectivity index (χ2n) is 6.00. The van der Waals surface area contributed by atoms with E-state index < -0.39 is 10.0 Å². The van der Waals surface area contributed by atoms with E-state index in [1.807, 2.05) is 6.92 Å². The van der Waals surface area contributed by atoms with Gasteiger partial charge in [-0.2, -0.15) is 0 Å². The number of rotatable bonds is 9. The first-order valence-electron chi connectivity index (χ1n) is 7.89. The first-order chi connectivity index (χ1) is 9.96. The monoisotopic (exact) mass is 313 g/mol. The normalized spacial score (nSPS) is 17.3. The van der Waals surface area contributed by atoms with Gasteiger partial charge in [0.25, 0.3) is 0 Å². The van der Waals surface area contributed by atoms with Gasteiger partial charge in [0, 0.05) is 30.5 Å². The summed E-state index contributed by atoms with van der Waals surface area (Å²) in [5, 5.41) is 3.37. The van der Waals surface area contributed by atoms with Crippen molar-refractivity contribution >= 4 is 10.0 Å². The molecule has 1 heterocycles. The van der Waals surface area contributed by atoms with Crippen LogP contribution in [0.4, 0.5) is 0 Å². The van der Waals surface area contributed by atoms with E-state index >= 15 is 0 Å². The molecule has 1 aliphatic rings. The minimum absolute atomic E-state index is 0.0482. The summed E-state index contributed by atoms with van der Waals surface area (Å²) in [4.78, 5) is 3.37. The summed E-state index contributed by atoms with van der Waals surface area (Å²) >= 11 is 0. The molecule has 21 heavy (non-hydrogen) atoms. The highest BCUT2D eigenvalue weighted by molar-refractivity contribution is 7.89. The van der Waals surface area contributed by atoms with E-state index in [4.69, 9.17) is 0 Å². The van der Waals surface area contributed by atoms with Gasteiger partial charge in [-0.3, -0.25) is 0 Å². The third kappa shape index (κ3) is 4.56. The van der Waals surface area contributed by atoms with Crippen LogP contribution in [0.25, 0.3) is 0 Å². The first kappa shape index (κ1) is 16.5. The van der Waals surface area contributed by atoms with Crippen LogP contribution in [-0.4, -0.2) is 25.5 Å². The molecule has 0 radical (unpaired) electrons. The van der Waals surface area contributed by atoms with E-state index in [2.05, 4.69) is 28.9 Å². The van der Waals surface area contributed by atoms with Crippen molar-refractivity contribution in [3.05, 3.63) is 18.0 Å². The molecule has 0 aromatic carbocycles. The molecule has 0 amide bonds. The fourth-order valence-corrected chi connectivity index (χ4v) is 3.95. The van der Waals surface area contributed by atoms with Crippen molar-refractivity contribution in [3.8, 4) is 0 Å². The van der Waals surface area contributed by atoms with Gasteiger partial charge in [-0.1, -0.05) is 26.7 Å². The first-order valence-corrected chi connectivity index (χ1v) is 9.37. The van der Waals surface area contributed by atoms with Crippen LogP contribution in [0.3, 0.4) is 0 Å². The van der Waals surface area contributed by atoms with Gasteiger partial charge in [0.05, 0.1) is 4.90 Å². The van der Waals surface area contributed by atoms with Crippen LogP contribution in [0, 0.1) is 5.92 Å². The van der Waals surface area contributed by atoms with Crippen LogP contribution >= 0.6 is 0 Å². The average Bonchev–Trinajstić information content (AvgIpc) is 3.13. The number of hydrogen-bond acceptors (Lipinski definition) is 3. The third-order valence-electron chi connectivity index (χ3n) is 4.28. The highest BCUT2D eigenvalue weighted by Crippen LogP contribution is 2.20. The van der Waals surface area contributed by atoms with Crippen molar-refractivity contribution in [2.24, 2.45) is 5.92 Å². The Labute approximate surface area is 128 Å². The smallest absolute Gasteiger partial charge is 0.242 e. The lowest BCUT2D eigenvalue weighted by Gasteiger charge is -2.21. The summed E-state index contributed by atoms with van der Waals surface area (Å²) in [5.74, 6) is 0.370. The lowest BCUT2D eigenvalue weighted by atomic mass is 9.96. The fraction of sp³-hybridized carbons (Fsp3) is 0.733. The lowest BCUT2D eigenvalue weighted by molar-refractivity contribution is 0.391. The zero-order valence-electron chi connectivity index (χ0n) is 13.1. The van der Waals surface area contributed by atoms with Gasteiger partial charge in [0.15, 0.2) is 0 Å². The van der Waals surface area contributed by atoms with Gasteiger partial charge < -0.3 is 10.3 Å². The van der Waals surface area contributed by atoms with E-state index in [1.165, 1.54) is 12.8 Å². The van der Waals surface area contributed by atoms with E-state index in [9.17, 15) is 8.42 Å². The van der Waals surface area contributed by atoms with Gasteiger partial charge in [-0.25, -0.2) is 13.1 Å². The molecule has 6 heteroatoms. The van der Waals surface area contributed by atoms with Crippen molar-refractivity contribution in [1.82, 2.24) is 15.0 Å². The Balaban J connectivity index is 1.97. The Hall–Kier alpha value is -0.850. The van der Waals surface area contributed by atoms with Crippen molar-refractivity contribution in [2.45, 2.75) is 70.0 Å². The summed E-state index contributed by atoms with van der Waals surface area (Å²) in [6, 6.07) is 2.28. The van der Waals surface area contributed by atoms with Crippen LogP contribution in [0.5, 0.6) is 0 Å². The molecule has 0 bridgehead atoms. The van der Waals surface area contributed by atoms with Crippen LogP contribution in [0.1, 0.15) is 52.1 Å². The van der Waals surface area contributed by atoms with Crippen LogP contribution in [0.2, 0.25) is 0 Å². The van der Waals surface area contributed by atoms with Gasteiger partial charge in [-0.05, 0) is 31.7 Å². The Kier molecular flexibility index (Phi) is 5.46. The molecule has 1 saturated carbocycles. The van der Waals surface area contributed by atoms with E-state index in [-0.39, 0.29) is 6.04 Å². The minimum atomic E-state index is -3.44. The molecule has 0 saturated heterocycles. The maximum atomic E-state index is 12.4. The quantitative estimate of drug-likeness (QED) is 0.655. The van der Waals surface area contributed by atoms with E-state index in [0.717, 1.165) is 18.5 Å². The molecule has 120 valence electrons. The Bertz CT molecular complexity index is 545. The van der Waals surface area contributed by atoms with Gasteiger partial charge in [0.2, 0.25) is 10.0 Å². The van der Waals surface area contributed by atoms with Gasteiger partial charge in [0.1, 0.15) is 0 Å². The molecular weight excluding hydrogens is 286 g/mol. The van der Waals surface area contributed by atoms with Crippen molar-refractivity contribution in [3.63, 3.8) is 0 Å². The van der Waals surface area contributed by atoms with Crippen molar-refractivity contribution < 1.29 is 8.42 Å². The molecule has 0 aliphatic heterocycles. The number of sulfonamides is 1. The Morgan fingerprint density at radius 1 is 1.33 bits per heavy atom. The molecule has 2 rings (SSSR count). The predicted molar refractivity (Wildman–Crippen MR) is 84.5 cm³/mol. The SMILES string of the molecule is CCC(CC)C(C)NS(=O)(=O)c1c[nH]c(CNC2CC2)c1. The largest absolute Gasteiger partial charge is 0.363 e. The molecule has 1 aliphatic carbocycles. The zero-order chi connectivity index (χ0) is 15.5. The van der Waals surface area contributed by atoms with Gasteiger partial charge >= 0.3 is 0 Å². The maximum Gasteiger partial charge on any atom is 0.242 e. The summed E-state index contributed by atoms with van der Waals surface area (Å²) < 4.78 is 27.6. The number of H-pyrrole nitrogens is 1. The highest BCUT2D eigenvalue weighted by Gasteiger charge is 2.24. The average molecular weight is 313 g/mol. The van der Waals surface area contributed by atoms with E-state index in [0.29, 0.717) is 23.4 Å². The fourth-order valence-electron chi connectivity index (χ4n) is 2.62. The van der Waals surface area contributed by atoms with E-state index in [1.54, 1.807) is 12.3 Å². The predicted octanol–water partition coefficient (Wildman–Crippen LogP) is 2.37. The molecule has 1 fully saturated rings. The number of hydrogen-bond donors (Lipinski definition) is 3. The molecule has 0 spiro atoms. The zero-order valence-corrected chi connectivity index (χ0v) is 14.0. The van der Waals surface area contributed by atoms with Crippen LogP contribution < -0.4 is 10.0 Å². The van der Waals surface area contributed by atoms with Crippen LogP contribution in [-0.2, 0) is 16.6 Å². The second-order valence-corrected chi connectivity index (χ2v) is 7.72. The number of aromatic amines is 1. The van der Waals surface area contributed by atoms with Crippen molar-refractivity contribution in [1.29, 1.82) is 0 Å². The molecule has 1 unspecified atom stereocenters. The Morgan fingerprint density at radius 2 is 2.00 bits per heavy atom. The molecule has 1 aromatic rings. The highest BCUT2D eigenvalue weighted by atomic mass is 32.2. The van der Waals surface area contributed by atoms with Gasteiger partial charge in [-0.15, -0.1) is 0 Å². The summed E-state index contributed by atoms with van der Waals surface area (Å²) in [5.41, 5.74) is 0.914. The molecule has 1 aromatic heterocycles. The minimum Gasteiger partial charge on any atom is -0.363 e. The Morgan fingerprint density at radius 3 is 2.57 bits per heavy atom. The van der Waals surface area contributed by atoms with Crippen LogP contribution in [0.15, 0.2) is 17.2 Å². The number of nitrogens with one attached hydrogen (secondary N) is 3.